The van der Waals surface area contributed by atoms with Gasteiger partial charge in [-0.3, -0.25) is 0 Å². The van der Waals surface area contributed by atoms with Gasteiger partial charge in [0.2, 0.25) is 0 Å². The molecule has 18 heavy (non-hydrogen) atoms. The van der Waals surface area contributed by atoms with Gasteiger partial charge in [-0.2, -0.15) is 0 Å². The summed E-state index contributed by atoms with van der Waals surface area (Å²) >= 11 is 4.37. The zero-order valence-electron chi connectivity index (χ0n) is 9.81. The number of rotatable bonds is 1. The molecule has 0 nitrogen and oxygen atoms in total. The van der Waals surface area contributed by atoms with E-state index in [-0.39, 0.29) is 0 Å². The van der Waals surface area contributed by atoms with Crippen LogP contribution in [0.25, 0.3) is 0 Å². The first-order valence-electron chi connectivity index (χ1n) is 6.00. The summed E-state index contributed by atoms with van der Waals surface area (Å²) in [5.41, 5.74) is 0.510. The Morgan fingerprint density at radius 3 is 2.56 bits per heavy atom. The van der Waals surface area contributed by atoms with Gasteiger partial charge in [0.05, 0.1) is 0 Å². The van der Waals surface area contributed by atoms with Gasteiger partial charge in [-0.15, -0.1) is 0 Å². The molecule has 2 rings (SSSR count). The topological polar surface area (TPSA) is 0 Å². The molecule has 0 aromatic heterocycles. The zero-order chi connectivity index (χ0) is 13.2. The molecule has 0 unspecified atom stereocenters. The molecule has 0 saturated heterocycles. The third kappa shape index (κ3) is 2.98. The van der Waals surface area contributed by atoms with Crippen molar-refractivity contribution in [3.8, 4) is 0 Å². The Bertz CT molecular complexity index is 450. The summed E-state index contributed by atoms with van der Waals surface area (Å²) in [4.78, 5) is 0. The molecule has 2 aliphatic carbocycles. The molecule has 0 amide bonds. The fraction of sp³-hybridized carbons (Fsp3) is 0.429. The van der Waals surface area contributed by atoms with E-state index in [0.29, 0.717) is 29.3 Å². The van der Waals surface area contributed by atoms with Crippen LogP contribution in [0, 0.1) is 0 Å². The van der Waals surface area contributed by atoms with E-state index in [9.17, 15) is 13.2 Å². The molecular formula is C14H14CoF3. The standard InChI is InChI=1S/C14H14F3.Co/c15-14(16,17)13-10-4-2-1-3-9-12(13)11-7-5-6-8-11;/h5-7,10H,1-4,8H2;/b12-9?,13-10+;. The van der Waals surface area contributed by atoms with Crippen LogP contribution in [-0.2, 0) is 15.7 Å². The molecule has 0 radical (unpaired) electrons. The van der Waals surface area contributed by atoms with Crippen LogP contribution in [0.5, 0.6) is 0 Å². The van der Waals surface area contributed by atoms with Crippen molar-refractivity contribution in [1.29, 1.82) is 0 Å². The van der Waals surface area contributed by atoms with Crippen molar-refractivity contribution < 1.29 is 28.9 Å². The predicted octanol–water partition coefficient (Wildman–Crippen LogP) is 4.74. The van der Waals surface area contributed by atoms with Crippen molar-refractivity contribution >= 4 is 0 Å². The fourth-order valence-corrected chi connectivity index (χ4v) is 2.75. The Morgan fingerprint density at radius 1 is 1.17 bits per heavy atom. The predicted molar refractivity (Wildman–Crippen MR) is 61.5 cm³/mol. The molecule has 0 aromatic carbocycles. The van der Waals surface area contributed by atoms with Gasteiger partial charge in [0.15, 0.2) is 0 Å². The van der Waals surface area contributed by atoms with Crippen LogP contribution < -0.4 is 0 Å². The van der Waals surface area contributed by atoms with Crippen LogP contribution in [0.15, 0.2) is 45.5 Å². The molecule has 0 heterocycles. The second kappa shape index (κ2) is 5.49. The molecule has 4 heteroatoms. The van der Waals surface area contributed by atoms with Gasteiger partial charge in [0.25, 0.3) is 0 Å². The second-order valence-electron chi connectivity index (χ2n) is 4.44. The van der Waals surface area contributed by atoms with Crippen molar-refractivity contribution in [2.24, 2.45) is 0 Å². The second-order valence-corrected chi connectivity index (χ2v) is 5.07. The Balaban J connectivity index is 2.47. The van der Waals surface area contributed by atoms with E-state index in [2.05, 4.69) is 15.7 Å². The van der Waals surface area contributed by atoms with Crippen LogP contribution in [-0.4, -0.2) is 6.18 Å². The van der Waals surface area contributed by atoms with Gasteiger partial charge in [0, 0.05) is 0 Å². The van der Waals surface area contributed by atoms with Crippen LogP contribution in [0.2, 0.25) is 0 Å². The maximum atomic E-state index is 13.1. The van der Waals surface area contributed by atoms with Crippen LogP contribution in [0.4, 0.5) is 13.2 Å². The average Bonchev–Trinajstić information content (AvgIpc) is 2.75. The summed E-state index contributed by atoms with van der Waals surface area (Å²) in [5, 5.41) is 0. The van der Waals surface area contributed by atoms with E-state index in [1.165, 1.54) is 6.08 Å². The fourth-order valence-electron chi connectivity index (χ4n) is 2.26. The molecule has 0 atom stereocenters. The third-order valence-corrected chi connectivity index (χ3v) is 3.64. The summed E-state index contributed by atoms with van der Waals surface area (Å²) < 4.78 is 40.0. The van der Waals surface area contributed by atoms with Crippen molar-refractivity contribution in [2.75, 3.05) is 0 Å². The van der Waals surface area contributed by atoms with E-state index in [1.54, 1.807) is 12.2 Å². The van der Waals surface area contributed by atoms with Gasteiger partial charge < -0.3 is 0 Å². The van der Waals surface area contributed by atoms with Crippen LogP contribution >= 0.6 is 0 Å². The molecule has 100 valence electrons. The molecule has 0 aliphatic heterocycles. The van der Waals surface area contributed by atoms with Gasteiger partial charge >= 0.3 is 113 Å². The Labute approximate surface area is 113 Å². The summed E-state index contributed by atoms with van der Waals surface area (Å²) in [7, 11) is 0. The number of hydrogen-bond donors (Lipinski definition) is 0. The van der Waals surface area contributed by atoms with Gasteiger partial charge in [-0.25, -0.2) is 0 Å². The molecule has 0 fully saturated rings. The molecule has 2 aliphatic rings. The Kier molecular flexibility index (Phi) is 4.17. The van der Waals surface area contributed by atoms with Crippen molar-refractivity contribution in [3.63, 3.8) is 0 Å². The number of halogens is 3. The Hall–Kier alpha value is -0.744. The van der Waals surface area contributed by atoms with Crippen molar-refractivity contribution in [3.05, 3.63) is 45.5 Å². The van der Waals surface area contributed by atoms with Crippen molar-refractivity contribution in [2.45, 2.75) is 38.3 Å². The number of allylic oxidation sites excluding steroid dienone is 8. The number of hydrogen-bond acceptors (Lipinski definition) is 0. The Morgan fingerprint density at radius 2 is 1.94 bits per heavy atom. The first-order chi connectivity index (χ1) is 8.50. The third-order valence-electron chi connectivity index (χ3n) is 3.11. The normalized spacial score (nSPS) is 28.5. The van der Waals surface area contributed by atoms with Gasteiger partial charge in [0.1, 0.15) is 0 Å². The molecule has 0 spiro atoms. The van der Waals surface area contributed by atoms with Crippen LogP contribution in [0.3, 0.4) is 0 Å². The van der Waals surface area contributed by atoms with E-state index < -0.39 is 11.7 Å². The molecular weight excluding hydrogens is 284 g/mol. The number of alkyl halides is 3. The summed E-state index contributed by atoms with van der Waals surface area (Å²) in [6.07, 6.45) is 5.79. The van der Waals surface area contributed by atoms with E-state index >= 15 is 0 Å². The van der Waals surface area contributed by atoms with E-state index in [4.69, 9.17) is 0 Å². The quantitative estimate of drug-likeness (QED) is 0.656. The summed E-state index contributed by atoms with van der Waals surface area (Å²) in [6.45, 7) is 0. The molecule has 0 saturated carbocycles. The summed E-state index contributed by atoms with van der Waals surface area (Å²) in [6, 6.07) is 0. The minimum atomic E-state index is -4.30. The molecule has 0 bridgehead atoms. The first-order valence-corrected chi connectivity index (χ1v) is 6.52. The van der Waals surface area contributed by atoms with Crippen LogP contribution in [0.1, 0.15) is 32.1 Å². The maximum absolute atomic E-state index is 13.1. The monoisotopic (exact) mass is 298 g/mol. The van der Waals surface area contributed by atoms with E-state index in [0.717, 1.165) is 18.4 Å². The summed E-state index contributed by atoms with van der Waals surface area (Å²) in [5.74, 6) is 0. The SMILES string of the molecule is FC(F)(F)C1=C/CCCC/[C]([Co])=C\1C1=CC=CC1. The molecule has 0 N–H and O–H groups in total. The molecule has 0 aromatic rings. The van der Waals surface area contributed by atoms with Gasteiger partial charge in [-0.05, 0) is 0 Å². The van der Waals surface area contributed by atoms with Gasteiger partial charge in [-0.1, -0.05) is 0 Å². The minimum absolute atomic E-state index is 0.298. The first kappa shape index (κ1) is 13.7. The van der Waals surface area contributed by atoms with Crippen molar-refractivity contribution in [1.82, 2.24) is 0 Å². The average molecular weight is 298 g/mol. The van der Waals surface area contributed by atoms with E-state index in [1.807, 2.05) is 6.08 Å². The zero-order valence-corrected chi connectivity index (χ0v) is 10.9.